The molecule has 0 spiro atoms. The van der Waals surface area contributed by atoms with E-state index < -0.39 is 0 Å². The highest BCUT2D eigenvalue weighted by molar-refractivity contribution is 8.18. The minimum absolute atomic E-state index is 0.248. The maximum Gasteiger partial charge on any atom is 0.293 e. The zero-order valence-electron chi connectivity index (χ0n) is 18.7. The number of rotatable bonds is 6. The second-order valence-electron chi connectivity index (χ2n) is 8.25. The number of amides is 2. The van der Waals surface area contributed by atoms with Crippen LogP contribution in [0.4, 0.5) is 4.79 Å². The van der Waals surface area contributed by atoms with Crippen molar-refractivity contribution in [3.8, 4) is 5.75 Å². The van der Waals surface area contributed by atoms with Gasteiger partial charge in [0.15, 0.2) is 0 Å². The van der Waals surface area contributed by atoms with Crippen LogP contribution in [0, 0.1) is 6.92 Å². The summed E-state index contributed by atoms with van der Waals surface area (Å²) in [5, 5.41) is 1.89. The van der Waals surface area contributed by atoms with Crippen molar-refractivity contribution >= 4 is 39.8 Å². The third-order valence-corrected chi connectivity index (χ3v) is 6.69. The molecule has 5 heteroatoms. The lowest BCUT2D eigenvalue weighted by Gasteiger charge is -2.14. The first-order chi connectivity index (χ1) is 16.6. The summed E-state index contributed by atoms with van der Waals surface area (Å²) < 4.78 is 5.86. The van der Waals surface area contributed by atoms with Crippen LogP contribution in [0.15, 0.2) is 95.9 Å². The van der Waals surface area contributed by atoms with E-state index in [1.54, 1.807) is 6.08 Å². The summed E-state index contributed by atoms with van der Waals surface area (Å²) in [6.45, 7) is 2.81. The van der Waals surface area contributed by atoms with Gasteiger partial charge < -0.3 is 4.74 Å². The van der Waals surface area contributed by atoms with E-state index in [4.69, 9.17) is 4.74 Å². The van der Waals surface area contributed by atoms with Crippen molar-refractivity contribution in [2.75, 3.05) is 0 Å². The number of carbonyl (C=O) groups excluding carboxylic acids is 2. The summed E-state index contributed by atoms with van der Waals surface area (Å²) in [6, 6.07) is 29.7. The Hall–Kier alpha value is -3.83. The maximum absolute atomic E-state index is 13.0. The van der Waals surface area contributed by atoms with Crippen molar-refractivity contribution in [1.29, 1.82) is 0 Å². The molecular weight excluding hydrogens is 442 g/mol. The van der Waals surface area contributed by atoms with Crippen LogP contribution in [0.3, 0.4) is 0 Å². The Balaban J connectivity index is 1.27. The third-order valence-electron chi connectivity index (χ3n) is 5.79. The molecule has 2 amide bonds. The quantitative estimate of drug-likeness (QED) is 0.289. The topological polar surface area (TPSA) is 46.6 Å². The first kappa shape index (κ1) is 22.0. The van der Waals surface area contributed by atoms with Crippen LogP contribution >= 0.6 is 11.8 Å². The van der Waals surface area contributed by atoms with Gasteiger partial charge in [0.2, 0.25) is 0 Å². The Labute approximate surface area is 202 Å². The standard InChI is InChI=1S/C29H23NO3S/c1-20-9-11-22(12-10-20)19-33-25-15-13-21(14-16-25)17-27-28(31)30(29(32)34-27)18-24-7-4-6-23-5-2-3-8-26(23)24/h2-17H,18-19H2,1H3/b27-17+. The molecule has 0 aliphatic carbocycles. The molecule has 0 saturated carbocycles. The lowest BCUT2D eigenvalue weighted by molar-refractivity contribution is -0.123. The second kappa shape index (κ2) is 9.57. The molecule has 0 radical (unpaired) electrons. The van der Waals surface area contributed by atoms with E-state index in [2.05, 4.69) is 31.2 Å². The number of fused-ring (bicyclic) bond motifs is 1. The van der Waals surface area contributed by atoms with Gasteiger partial charge in [-0.25, -0.2) is 0 Å². The number of nitrogens with zero attached hydrogens (tertiary/aromatic N) is 1. The van der Waals surface area contributed by atoms with Gasteiger partial charge in [-0.05, 0) is 64.4 Å². The first-order valence-corrected chi connectivity index (χ1v) is 11.9. The van der Waals surface area contributed by atoms with Gasteiger partial charge in [0.05, 0.1) is 11.4 Å². The first-order valence-electron chi connectivity index (χ1n) is 11.1. The van der Waals surface area contributed by atoms with Gasteiger partial charge in [-0.3, -0.25) is 14.5 Å². The SMILES string of the molecule is Cc1ccc(COc2ccc(/C=C3/SC(=O)N(Cc4cccc5ccccc45)C3=O)cc2)cc1. The van der Waals surface area contributed by atoms with E-state index in [1.807, 2.05) is 66.7 Å². The number of ether oxygens (including phenoxy) is 1. The Morgan fingerprint density at radius 1 is 0.853 bits per heavy atom. The van der Waals surface area contributed by atoms with Gasteiger partial charge in [0.25, 0.3) is 11.1 Å². The molecule has 1 aliphatic rings. The summed E-state index contributed by atoms with van der Waals surface area (Å²) in [5.74, 6) is 0.490. The lowest BCUT2D eigenvalue weighted by atomic mass is 10.0. The van der Waals surface area contributed by atoms with E-state index in [-0.39, 0.29) is 17.7 Å². The molecular formula is C29H23NO3S. The van der Waals surface area contributed by atoms with Gasteiger partial charge in [-0.15, -0.1) is 0 Å². The molecule has 5 rings (SSSR count). The van der Waals surface area contributed by atoms with Gasteiger partial charge in [-0.2, -0.15) is 0 Å². The fourth-order valence-electron chi connectivity index (χ4n) is 3.90. The molecule has 0 atom stereocenters. The molecule has 1 heterocycles. The van der Waals surface area contributed by atoms with Crippen LogP contribution in [-0.4, -0.2) is 16.0 Å². The lowest BCUT2D eigenvalue weighted by Crippen LogP contribution is -2.27. The fraction of sp³-hybridized carbons (Fsp3) is 0.103. The van der Waals surface area contributed by atoms with Crippen molar-refractivity contribution < 1.29 is 14.3 Å². The molecule has 0 bridgehead atoms. The summed E-state index contributed by atoms with van der Waals surface area (Å²) in [6.07, 6.45) is 1.76. The third kappa shape index (κ3) is 4.75. The van der Waals surface area contributed by atoms with Crippen LogP contribution in [0.5, 0.6) is 5.75 Å². The average molecular weight is 466 g/mol. The van der Waals surface area contributed by atoms with Gasteiger partial charge in [0, 0.05) is 0 Å². The van der Waals surface area contributed by atoms with E-state index in [1.165, 1.54) is 10.5 Å². The smallest absolute Gasteiger partial charge is 0.293 e. The van der Waals surface area contributed by atoms with Crippen LogP contribution < -0.4 is 4.74 Å². The Morgan fingerprint density at radius 3 is 2.38 bits per heavy atom. The minimum Gasteiger partial charge on any atom is -0.489 e. The molecule has 168 valence electrons. The molecule has 4 nitrogen and oxygen atoms in total. The highest BCUT2D eigenvalue weighted by Gasteiger charge is 2.35. The number of imide groups is 1. The zero-order valence-corrected chi connectivity index (χ0v) is 19.5. The van der Waals surface area contributed by atoms with Crippen molar-refractivity contribution in [2.45, 2.75) is 20.1 Å². The monoisotopic (exact) mass is 465 g/mol. The molecule has 34 heavy (non-hydrogen) atoms. The van der Waals surface area contributed by atoms with E-state index in [9.17, 15) is 9.59 Å². The predicted octanol–water partition coefficient (Wildman–Crippen LogP) is 6.96. The zero-order chi connectivity index (χ0) is 23.5. The van der Waals surface area contributed by atoms with E-state index in [0.717, 1.165) is 45.0 Å². The molecule has 1 saturated heterocycles. The van der Waals surface area contributed by atoms with E-state index in [0.29, 0.717) is 11.5 Å². The summed E-state index contributed by atoms with van der Waals surface area (Å²) in [4.78, 5) is 27.4. The second-order valence-corrected chi connectivity index (χ2v) is 9.24. The molecule has 1 aliphatic heterocycles. The highest BCUT2D eigenvalue weighted by atomic mass is 32.2. The molecule has 4 aromatic rings. The average Bonchev–Trinajstić information content (AvgIpc) is 3.12. The summed E-state index contributed by atoms with van der Waals surface area (Å²) in [5.41, 5.74) is 4.12. The number of aryl methyl sites for hydroxylation is 1. The number of carbonyl (C=O) groups is 2. The summed E-state index contributed by atoms with van der Waals surface area (Å²) >= 11 is 0.981. The molecule has 0 N–H and O–H groups in total. The summed E-state index contributed by atoms with van der Waals surface area (Å²) in [7, 11) is 0. The van der Waals surface area contributed by atoms with Gasteiger partial charge in [0.1, 0.15) is 12.4 Å². The number of thioether (sulfide) groups is 1. The van der Waals surface area contributed by atoms with Crippen LogP contribution in [0.25, 0.3) is 16.8 Å². The Bertz CT molecular complexity index is 1390. The Morgan fingerprint density at radius 2 is 1.59 bits per heavy atom. The van der Waals surface area contributed by atoms with Crippen LogP contribution in [-0.2, 0) is 17.9 Å². The molecule has 0 aromatic heterocycles. The fourth-order valence-corrected chi connectivity index (χ4v) is 4.74. The number of hydrogen-bond donors (Lipinski definition) is 0. The predicted molar refractivity (Wildman–Crippen MR) is 137 cm³/mol. The van der Waals surface area contributed by atoms with Crippen molar-refractivity contribution in [1.82, 2.24) is 4.90 Å². The van der Waals surface area contributed by atoms with E-state index >= 15 is 0 Å². The Kier molecular flexibility index (Phi) is 6.19. The molecule has 4 aromatic carbocycles. The van der Waals surface area contributed by atoms with Gasteiger partial charge >= 0.3 is 0 Å². The largest absolute Gasteiger partial charge is 0.489 e. The van der Waals surface area contributed by atoms with Crippen molar-refractivity contribution in [3.63, 3.8) is 0 Å². The van der Waals surface area contributed by atoms with Gasteiger partial charge in [-0.1, -0.05) is 84.4 Å². The van der Waals surface area contributed by atoms with Crippen LogP contribution in [0.2, 0.25) is 0 Å². The number of benzene rings is 4. The number of hydrogen-bond acceptors (Lipinski definition) is 4. The van der Waals surface area contributed by atoms with Crippen molar-refractivity contribution in [2.24, 2.45) is 0 Å². The molecule has 1 fully saturated rings. The van der Waals surface area contributed by atoms with Crippen LogP contribution in [0.1, 0.15) is 22.3 Å². The maximum atomic E-state index is 13.0. The molecule has 0 unspecified atom stereocenters. The normalized spacial score (nSPS) is 14.9. The highest BCUT2D eigenvalue weighted by Crippen LogP contribution is 2.34. The van der Waals surface area contributed by atoms with Crippen molar-refractivity contribution in [3.05, 3.63) is 118 Å². The minimum atomic E-state index is -0.261.